The average Bonchev–Trinajstić information content (AvgIpc) is 2.47. The molecule has 1 nitrogen and oxygen atoms in total. The van der Waals surface area contributed by atoms with Gasteiger partial charge in [0.05, 0.1) is 6.10 Å². The molecule has 0 spiro atoms. The van der Waals surface area contributed by atoms with Crippen LogP contribution in [0, 0.1) is 0 Å². The van der Waals surface area contributed by atoms with Crippen LogP contribution in [0.25, 0.3) is 0 Å². The van der Waals surface area contributed by atoms with Crippen LogP contribution in [0.4, 0.5) is 0 Å². The minimum atomic E-state index is -0.320. The molecule has 0 heterocycles. The van der Waals surface area contributed by atoms with Crippen LogP contribution in [-0.2, 0) is 12.8 Å². The molecule has 0 amide bonds. The van der Waals surface area contributed by atoms with Gasteiger partial charge in [0, 0.05) is 15.1 Å². The van der Waals surface area contributed by atoms with E-state index in [9.17, 15) is 5.11 Å². The second-order valence-electron chi connectivity index (χ2n) is 4.77. The van der Waals surface area contributed by atoms with Gasteiger partial charge in [0.25, 0.3) is 0 Å². The van der Waals surface area contributed by atoms with Crippen molar-refractivity contribution in [3.05, 3.63) is 64.1 Å². The van der Waals surface area contributed by atoms with Crippen molar-refractivity contribution in [1.29, 1.82) is 0 Å². The summed E-state index contributed by atoms with van der Waals surface area (Å²) in [5, 5.41) is 10.1. The SMILES string of the molecule is CCc1ccc(CC(O)CSc2ccccc2Br)cc1. The van der Waals surface area contributed by atoms with E-state index in [2.05, 4.69) is 53.2 Å². The number of aliphatic hydroxyl groups excluding tert-OH is 1. The summed E-state index contributed by atoms with van der Waals surface area (Å²) in [6.45, 7) is 2.15. The topological polar surface area (TPSA) is 20.2 Å². The van der Waals surface area contributed by atoms with Crippen molar-refractivity contribution >= 4 is 27.7 Å². The number of hydrogen-bond donors (Lipinski definition) is 1. The minimum absolute atomic E-state index is 0.320. The van der Waals surface area contributed by atoms with E-state index in [0.29, 0.717) is 12.2 Å². The van der Waals surface area contributed by atoms with Crippen LogP contribution in [0.15, 0.2) is 57.9 Å². The van der Waals surface area contributed by atoms with Crippen LogP contribution in [0.3, 0.4) is 0 Å². The van der Waals surface area contributed by atoms with E-state index in [-0.39, 0.29) is 6.10 Å². The monoisotopic (exact) mass is 350 g/mol. The Bertz CT molecular complexity index is 539. The summed E-state index contributed by atoms with van der Waals surface area (Å²) < 4.78 is 1.09. The van der Waals surface area contributed by atoms with Gasteiger partial charge in [-0.2, -0.15) is 0 Å². The van der Waals surface area contributed by atoms with Crippen LogP contribution < -0.4 is 0 Å². The Kier molecular flexibility index (Phi) is 6.14. The van der Waals surface area contributed by atoms with Crippen molar-refractivity contribution in [1.82, 2.24) is 0 Å². The molecule has 0 aliphatic rings. The van der Waals surface area contributed by atoms with Gasteiger partial charge in [-0.1, -0.05) is 43.3 Å². The Hall–Kier alpha value is -0.770. The van der Waals surface area contributed by atoms with Crippen LogP contribution in [0.1, 0.15) is 18.1 Å². The zero-order valence-corrected chi connectivity index (χ0v) is 14.0. The lowest BCUT2D eigenvalue weighted by Crippen LogP contribution is -2.13. The van der Waals surface area contributed by atoms with E-state index in [1.165, 1.54) is 16.0 Å². The molecule has 0 saturated heterocycles. The molecule has 0 aliphatic heterocycles. The maximum absolute atomic E-state index is 10.1. The molecular weight excluding hydrogens is 332 g/mol. The second-order valence-corrected chi connectivity index (χ2v) is 6.69. The van der Waals surface area contributed by atoms with Gasteiger partial charge >= 0.3 is 0 Å². The predicted molar refractivity (Wildman–Crippen MR) is 90.4 cm³/mol. The fourth-order valence-corrected chi connectivity index (χ4v) is 3.49. The first-order valence-corrected chi connectivity index (χ1v) is 8.60. The first-order chi connectivity index (χ1) is 9.69. The van der Waals surface area contributed by atoms with E-state index >= 15 is 0 Å². The summed E-state index contributed by atoms with van der Waals surface area (Å²) in [6, 6.07) is 16.6. The van der Waals surface area contributed by atoms with E-state index < -0.39 is 0 Å². The van der Waals surface area contributed by atoms with Crippen molar-refractivity contribution in [2.45, 2.75) is 30.8 Å². The van der Waals surface area contributed by atoms with Gasteiger partial charge in [0.1, 0.15) is 0 Å². The summed E-state index contributed by atoms with van der Waals surface area (Å²) in [4.78, 5) is 1.17. The lowest BCUT2D eigenvalue weighted by Gasteiger charge is -2.11. The zero-order valence-electron chi connectivity index (χ0n) is 11.6. The first kappa shape index (κ1) is 15.6. The van der Waals surface area contributed by atoms with Crippen molar-refractivity contribution in [2.24, 2.45) is 0 Å². The molecule has 3 heteroatoms. The summed E-state index contributed by atoms with van der Waals surface area (Å²) in [5.41, 5.74) is 2.54. The molecule has 2 rings (SSSR count). The molecule has 20 heavy (non-hydrogen) atoms. The minimum Gasteiger partial charge on any atom is -0.392 e. The average molecular weight is 351 g/mol. The number of thioether (sulfide) groups is 1. The van der Waals surface area contributed by atoms with Crippen molar-refractivity contribution in [3.63, 3.8) is 0 Å². The lowest BCUT2D eigenvalue weighted by molar-refractivity contribution is 0.200. The molecule has 1 N–H and O–H groups in total. The molecule has 2 aromatic carbocycles. The Morgan fingerprint density at radius 3 is 2.35 bits per heavy atom. The van der Waals surface area contributed by atoms with Crippen LogP contribution in [0.5, 0.6) is 0 Å². The quantitative estimate of drug-likeness (QED) is 0.761. The van der Waals surface area contributed by atoms with Gasteiger partial charge in [0.15, 0.2) is 0 Å². The van der Waals surface area contributed by atoms with Gasteiger partial charge in [0.2, 0.25) is 0 Å². The Morgan fingerprint density at radius 1 is 1.05 bits per heavy atom. The Balaban J connectivity index is 1.86. The van der Waals surface area contributed by atoms with Crippen molar-refractivity contribution in [2.75, 3.05) is 5.75 Å². The molecule has 106 valence electrons. The molecule has 0 fully saturated rings. The van der Waals surface area contributed by atoms with Crippen molar-refractivity contribution in [3.8, 4) is 0 Å². The largest absolute Gasteiger partial charge is 0.392 e. The van der Waals surface area contributed by atoms with E-state index in [1.807, 2.05) is 18.2 Å². The molecule has 0 aliphatic carbocycles. The van der Waals surface area contributed by atoms with Crippen LogP contribution >= 0.6 is 27.7 Å². The number of benzene rings is 2. The third kappa shape index (κ3) is 4.65. The smallest absolute Gasteiger partial charge is 0.0674 e. The summed E-state index contributed by atoms with van der Waals surface area (Å²) in [7, 11) is 0. The van der Waals surface area contributed by atoms with Crippen LogP contribution in [-0.4, -0.2) is 17.0 Å². The highest BCUT2D eigenvalue weighted by atomic mass is 79.9. The fraction of sp³-hybridized carbons (Fsp3) is 0.294. The number of aliphatic hydroxyl groups is 1. The number of rotatable bonds is 6. The van der Waals surface area contributed by atoms with Crippen molar-refractivity contribution < 1.29 is 5.11 Å². The number of aryl methyl sites for hydroxylation is 1. The zero-order chi connectivity index (χ0) is 14.4. The number of hydrogen-bond acceptors (Lipinski definition) is 2. The van der Waals surface area contributed by atoms with Gasteiger partial charge < -0.3 is 5.11 Å². The van der Waals surface area contributed by atoms with E-state index in [4.69, 9.17) is 0 Å². The maximum atomic E-state index is 10.1. The molecular formula is C17H19BrOS. The third-order valence-electron chi connectivity index (χ3n) is 3.17. The molecule has 0 saturated carbocycles. The van der Waals surface area contributed by atoms with Gasteiger partial charge in [-0.3, -0.25) is 0 Å². The second kappa shape index (κ2) is 7.87. The normalized spacial score (nSPS) is 12.3. The summed E-state index contributed by atoms with van der Waals surface area (Å²) >= 11 is 5.21. The highest BCUT2D eigenvalue weighted by Gasteiger charge is 2.08. The standard InChI is InChI=1S/C17H19BrOS/c1-2-13-7-9-14(10-8-13)11-15(19)12-20-17-6-4-3-5-16(17)18/h3-10,15,19H,2,11-12H2,1H3. The molecule has 1 unspecified atom stereocenters. The predicted octanol–water partition coefficient (Wildman–Crippen LogP) is 4.71. The molecule has 1 atom stereocenters. The summed E-state index contributed by atoms with van der Waals surface area (Å²) in [5.74, 6) is 0.706. The Labute approximate surface area is 133 Å². The summed E-state index contributed by atoms with van der Waals surface area (Å²) in [6.07, 6.45) is 1.45. The van der Waals surface area contributed by atoms with Gasteiger partial charge in [-0.25, -0.2) is 0 Å². The van der Waals surface area contributed by atoms with E-state index in [1.54, 1.807) is 11.8 Å². The first-order valence-electron chi connectivity index (χ1n) is 6.82. The fourth-order valence-electron chi connectivity index (χ4n) is 1.99. The maximum Gasteiger partial charge on any atom is 0.0674 e. The highest BCUT2D eigenvalue weighted by Crippen LogP contribution is 2.27. The lowest BCUT2D eigenvalue weighted by atomic mass is 10.1. The molecule has 2 aromatic rings. The Morgan fingerprint density at radius 2 is 1.70 bits per heavy atom. The van der Waals surface area contributed by atoms with E-state index in [0.717, 1.165) is 10.9 Å². The van der Waals surface area contributed by atoms with Gasteiger partial charge in [-0.05, 0) is 52.0 Å². The van der Waals surface area contributed by atoms with Gasteiger partial charge in [-0.15, -0.1) is 11.8 Å². The van der Waals surface area contributed by atoms with Crippen LogP contribution in [0.2, 0.25) is 0 Å². The highest BCUT2D eigenvalue weighted by molar-refractivity contribution is 9.10. The molecule has 0 bridgehead atoms. The third-order valence-corrected chi connectivity index (χ3v) is 5.34. The molecule has 0 radical (unpaired) electrons. The number of halogens is 1. The molecule has 0 aromatic heterocycles.